The third kappa shape index (κ3) is 5.00. The summed E-state index contributed by atoms with van der Waals surface area (Å²) in [4.78, 5) is 0. The van der Waals surface area contributed by atoms with Crippen molar-refractivity contribution in [2.24, 2.45) is 0 Å². The Labute approximate surface area is 91.8 Å². The van der Waals surface area contributed by atoms with Crippen molar-refractivity contribution in [3.05, 3.63) is 24.2 Å². The summed E-state index contributed by atoms with van der Waals surface area (Å²) in [5.74, 6) is 0. The van der Waals surface area contributed by atoms with Crippen LogP contribution in [-0.4, -0.2) is 26.3 Å². The quantitative estimate of drug-likeness (QED) is 0.716. The number of ether oxygens (including phenoxy) is 1. The van der Waals surface area contributed by atoms with Crippen molar-refractivity contribution in [3.8, 4) is 0 Å². The number of nitrogens with one attached hydrogen (secondary N) is 1. The molecule has 3 heteroatoms. The molecule has 1 aromatic rings. The molecule has 0 fully saturated rings. The smallest absolute Gasteiger partial charge is 0.0934 e. The second kappa shape index (κ2) is 7.49. The van der Waals surface area contributed by atoms with E-state index in [2.05, 4.69) is 12.2 Å². The molecule has 0 bridgehead atoms. The van der Waals surface area contributed by atoms with E-state index in [-0.39, 0.29) is 0 Å². The molecule has 86 valence electrons. The van der Waals surface area contributed by atoms with Crippen molar-refractivity contribution in [2.45, 2.75) is 32.2 Å². The Morgan fingerprint density at radius 1 is 1.53 bits per heavy atom. The van der Waals surface area contributed by atoms with Crippen LogP contribution in [0.1, 0.15) is 25.3 Å². The zero-order valence-corrected chi connectivity index (χ0v) is 9.66. The lowest BCUT2D eigenvalue weighted by atomic mass is 10.1. The lowest BCUT2D eigenvalue weighted by Crippen LogP contribution is -2.34. The molecule has 0 aliphatic heterocycles. The molecule has 0 saturated heterocycles. The van der Waals surface area contributed by atoms with Crippen molar-refractivity contribution in [1.82, 2.24) is 5.32 Å². The van der Waals surface area contributed by atoms with Gasteiger partial charge >= 0.3 is 0 Å². The van der Waals surface area contributed by atoms with Crippen LogP contribution in [0.3, 0.4) is 0 Å². The van der Waals surface area contributed by atoms with Crippen LogP contribution in [0.4, 0.5) is 0 Å². The fourth-order valence-corrected chi connectivity index (χ4v) is 1.57. The zero-order valence-electron chi connectivity index (χ0n) is 9.66. The maximum atomic E-state index is 5.18. The summed E-state index contributed by atoms with van der Waals surface area (Å²) in [6.07, 6.45) is 6.82. The first kappa shape index (κ1) is 12.3. The SMILES string of the molecule is CCCNC(CCc1ccoc1)COC. The van der Waals surface area contributed by atoms with Gasteiger partial charge in [0, 0.05) is 13.2 Å². The summed E-state index contributed by atoms with van der Waals surface area (Å²) in [7, 11) is 1.75. The highest BCUT2D eigenvalue weighted by Gasteiger charge is 2.07. The molecule has 0 aromatic carbocycles. The fourth-order valence-electron chi connectivity index (χ4n) is 1.57. The number of furan rings is 1. The molecule has 3 nitrogen and oxygen atoms in total. The molecule has 0 aliphatic carbocycles. The Balaban J connectivity index is 2.24. The van der Waals surface area contributed by atoms with Gasteiger partial charge in [-0.25, -0.2) is 0 Å². The molecular weight excluding hydrogens is 190 g/mol. The van der Waals surface area contributed by atoms with Crippen LogP contribution in [0.25, 0.3) is 0 Å². The third-order valence-electron chi connectivity index (χ3n) is 2.41. The fraction of sp³-hybridized carbons (Fsp3) is 0.667. The lowest BCUT2D eigenvalue weighted by molar-refractivity contribution is 0.162. The van der Waals surface area contributed by atoms with Crippen molar-refractivity contribution >= 4 is 0 Å². The topological polar surface area (TPSA) is 34.4 Å². The standard InChI is InChI=1S/C12H21NO2/c1-3-7-13-12(10-14-2)5-4-11-6-8-15-9-11/h6,8-9,12-13H,3-5,7,10H2,1-2H3. The van der Waals surface area contributed by atoms with Gasteiger partial charge in [-0.05, 0) is 37.4 Å². The monoisotopic (exact) mass is 211 g/mol. The van der Waals surface area contributed by atoms with Gasteiger partial charge in [-0.15, -0.1) is 0 Å². The first-order valence-corrected chi connectivity index (χ1v) is 5.60. The molecule has 0 spiro atoms. The molecule has 0 saturated carbocycles. The number of hydrogen-bond donors (Lipinski definition) is 1. The highest BCUT2D eigenvalue weighted by atomic mass is 16.5. The van der Waals surface area contributed by atoms with E-state index in [1.807, 2.05) is 12.3 Å². The molecular formula is C12H21NO2. The van der Waals surface area contributed by atoms with Crippen LogP contribution < -0.4 is 5.32 Å². The predicted octanol–water partition coefficient (Wildman–Crippen LogP) is 2.23. The first-order valence-electron chi connectivity index (χ1n) is 5.60. The van der Waals surface area contributed by atoms with Gasteiger partial charge in [0.25, 0.3) is 0 Å². The largest absolute Gasteiger partial charge is 0.472 e. The maximum absolute atomic E-state index is 5.18. The van der Waals surface area contributed by atoms with Gasteiger partial charge in [-0.1, -0.05) is 6.92 Å². The van der Waals surface area contributed by atoms with Gasteiger partial charge < -0.3 is 14.5 Å². The third-order valence-corrected chi connectivity index (χ3v) is 2.41. The van der Waals surface area contributed by atoms with Gasteiger partial charge in [0.1, 0.15) is 0 Å². The summed E-state index contributed by atoms with van der Waals surface area (Å²) in [5, 5.41) is 3.48. The van der Waals surface area contributed by atoms with Crippen LogP contribution in [0, 0.1) is 0 Å². The van der Waals surface area contributed by atoms with E-state index in [0.717, 1.165) is 32.4 Å². The lowest BCUT2D eigenvalue weighted by Gasteiger charge is -2.16. The van der Waals surface area contributed by atoms with Crippen molar-refractivity contribution in [1.29, 1.82) is 0 Å². The van der Waals surface area contributed by atoms with Gasteiger partial charge in [0.05, 0.1) is 19.1 Å². The first-order chi connectivity index (χ1) is 7.36. The zero-order chi connectivity index (χ0) is 10.9. The van der Waals surface area contributed by atoms with E-state index in [1.54, 1.807) is 13.4 Å². The molecule has 1 N–H and O–H groups in total. The Morgan fingerprint density at radius 2 is 2.40 bits per heavy atom. The Bertz CT molecular complexity index is 234. The Morgan fingerprint density at radius 3 is 3.00 bits per heavy atom. The Hall–Kier alpha value is -0.800. The van der Waals surface area contributed by atoms with Crippen LogP contribution in [0.2, 0.25) is 0 Å². The van der Waals surface area contributed by atoms with E-state index >= 15 is 0 Å². The molecule has 1 rings (SSSR count). The second-order valence-electron chi connectivity index (χ2n) is 3.78. The molecule has 0 amide bonds. The van der Waals surface area contributed by atoms with Crippen LogP contribution in [0.15, 0.2) is 23.0 Å². The predicted molar refractivity (Wildman–Crippen MR) is 61.0 cm³/mol. The van der Waals surface area contributed by atoms with Gasteiger partial charge in [-0.3, -0.25) is 0 Å². The number of aryl methyl sites for hydroxylation is 1. The molecule has 1 atom stereocenters. The van der Waals surface area contributed by atoms with Crippen molar-refractivity contribution in [2.75, 3.05) is 20.3 Å². The van der Waals surface area contributed by atoms with E-state index in [9.17, 15) is 0 Å². The minimum atomic E-state index is 0.449. The molecule has 1 aromatic heterocycles. The number of rotatable bonds is 8. The summed E-state index contributed by atoms with van der Waals surface area (Å²) < 4.78 is 10.2. The van der Waals surface area contributed by atoms with Crippen LogP contribution in [0.5, 0.6) is 0 Å². The summed E-state index contributed by atoms with van der Waals surface area (Å²) in [5.41, 5.74) is 1.26. The van der Waals surface area contributed by atoms with Crippen molar-refractivity contribution in [3.63, 3.8) is 0 Å². The molecule has 0 aliphatic rings. The highest BCUT2D eigenvalue weighted by Crippen LogP contribution is 2.06. The molecule has 0 radical (unpaired) electrons. The average Bonchev–Trinajstić information content (AvgIpc) is 2.75. The van der Waals surface area contributed by atoms with Crippen LogP contribution in [-0.2, 0) is 11.2 Å². The number of hydrogen-bond acceptors (Lipinski definition) is 3. The number of methoxy groups -OCH3 is 1. The van der Waals surface area contributed by atoms with Gasteiger partial charge in [-0.2, -0.15) is 0 Å². The maximum Gasteiger partial charge on any atom is 0.0934 e. The van der Waals surface area contributed by atoms with E-state index in [1.165, 1.54) is 5.56 Å². The van der Waals surface area contributed by atoms with E-state index in [0.29, 0.717) is 6.04 Å². The van der Waals surface area contributed by atoms with Gasteiger partial charge in [0.15, 0.2) is 0 Å². The van der Waals surface area contributed by atoms with E-state index < -0.39 is 0 Å². The minimum Gasteiger partial charge on any atom is -0.472 e. The minimum absolute atomic E-state index is 0.449. The highest BCUT2D eigenvalue weighted by molar-refractivity contribution is 5.05. The molecule has 1 unspecified atom stereocenters. The van der Waals surface area contributed by atoms with Crippen molar-refractivity contribution < 1.29 is 9.15 Å². The van der Waals surface area contributed by atoms with Gasteiger partial charge in [0.2, 0.25) is 0 Å². The normalized spacial score (nSPS) is 12.9. The Kier molecular flexibility index (Phi) is 6.12. The average molecular weight is 211 g/mol. The summed E-state index contributed by atoms with van der Waals surface area (Å²) in [6, 6.07) is 2.47. The molecule has 15 heavy (non-hydrogen) atoms. The second-order valence-corrected chi connectivity index (χ2v) is 3.78. The summed E-state index contributed by atoms with van der Waals surface area (Å²) in [6.45, 7) is 4.00. The van der Waals surface area contributed by atoms with Crippen LogP contribution >= 0.6 is 0 Å². The molecule has 1 heterocycles. The van der Waals surface area contributed by atoms with E-state index in [4.69, 9.17) is 9.15 Å². The summed E-state index contributed by atoms with van der Waals surface area (Å²) >= 11 is 0.